The summed E-state index contributed by atoms with van der Waals surface area (Å²) in [6.45, 7) is 10.9. The molecule has 3 heteroatoms. The Kier molecular flexibility index (Phi) is 4.10. The van der Waals surface area contributed by atoms with Gasteiger partial charge in [0.05, 0.1) is 0 Å². The molecule has 0 bridgehead atoms. The summed E-state index contributed by atoms with van der Waals surface area (Å²) in [5.74, 6) is 0.859. The van der Waals surface area contributed by atoms with Gasteiger partial charge in [-0.15, -0.1) is 0 Å². The molecule has 1 fully saturated rings. The average molecular weight is 238 g/mol. The molecule has 0 radical (unpaired) electrons. The summed E-state index contributed by atoms with van der Waals surface area (Å²) in [5, 5.41) is 2.27. The van der Waals surface area contributed by atoms with E-state index in [9.17, 15) is 0 Å². The molecule has 0 saturated carbocycles. The summed E-state index contributed by atoms with van der Waals surface area (Å²) in [7, 11) is 0. The fourth-order valence-electron chi connectivity index (χ4n) is 2.43. The Morgan fingerprint density at radius 2 is 2.06 bits per heavy atom. The van der Waals surface area contributed by atoms with Crippen LogP contribution in [0.15, 0.2) is 11.8 Å². The van der Waals surface area contributed by atoms with Gasteiger partial charge < -0.3 is 9.75 Å². The Hall–Kier alpha value is -0.540. The van der Waals surface area contributed by atoms with Crippen molar-refractivity contribution in [3.63, 3.8) is 0 Å². The van der Waals surface area contributed by atoms with E-state index in [4.69, 9.17) is 4.74 Å². The van der Waals surface area contributed by atoms with Crippen LogP contribution in [0.3, 0.4) is 0 Å². The van der Waals surface area contributed by atoms with E-state index in [1.54, 1.807) is 0 Å². The summed E-state index contributed by atoms with van der Waals surface area (Å²) in [6, 6.07) is 0. The third-order valence-electron chi connectivity index (χ3n) is 3.87. The summed E-state index contributed by atoms with van der Waals surface area (Å²) < 4.78 is 5.39. The zero-order valence-corrected chi connectivity index (χ0v) is 11.5. The van der Waals surface area contributed by atoms with Crippen LogP contribution in [0.5, 0.6) is 0 Å². The Morgan fingerprint density at radius 1 is 1.35 bits per heavy atom. The fraction of sp³-hybridized carbons (Fsp3) is 0.857. The standard InChI is InChI=1S/C14H26N2O/c1-14(2,3)13-10-15-16(11-13)7-4-12-5-8-17-9-6-12/h11-12,15H,4-10H2,1-3H3. The molecule has 1 N–H and O–H groups in total. The second-order valence-electron chi connectivity index (χ2n) is 6.28. The topological polar surface area (TPSA) is 24.5 Å². The minimum atomic E-state index is 0.292. The van der Waals surface area contributed by atoms with Gasteiger partial charge in [-0.05, 0) is 36.2 Å². The molecule has 17 heavy (non-hydrogen) atoms. The Bertz CT molecular complexity index is 274. The third kappa shape index (κ3) is 3.71. The summed E-state index contributed by atoms with van der Waals surface area (Å²) in [5.41, 5.74) is 5.26. The second-order valence-corrected chi connectivity index (χ2v) is 6.28. The zero-order chi connectivity index (χ0) is 12.3. The number of hydrogen-bond acceptors (Lipinski definition) is 3. The lowest BCUT2D eigenvalue weighted by Crippen LogP contribution is -2.31. The molecule has 0 spiro atoms. The Balaban J connectivity index is 1.75. The highest BCUT2D eigenvalue weighted by molar-refractivity contribution is 5.15. The molecule has 2 aliphatic rings. The first-order valence-electron chi connectivity index (χ1n) is 6.85. The van der Waals surface area contributed by atoms with Crippen LogP contribution < -0.4 is 5.43 Å². The van der Waals surface area contributed by atoms with Crippen molar-refractivity contribution < 1.29 is 4.74 Å². The van der Waals surface area contributed by atoms with Gasteiger partial charge in [0.25, 0.3) is 0 Å². The van der Waals surface area contributed by atoms with Crippen molar-refractivity contribution in [3.05, 3.63) is 11.8 Å². The van der Waals surface area contributed by atoms with Gasteiger partial charge in [-0.2, -0.15) is 0 Å². The second kappa shape index (κ2) is 5.40. The van der Waals surface area contributed by atoms with Crippen molar-refractivity contribution in [3.8, 4) is 0 Å². The largest absolute Gasteiger partial charge is 0.381 e. The van der Waals surface area contributed by atoms with Gasteiger partial charge in [0.2, 0.25) is 0 Å². The van der Waals surface area contributed by atoms with E-state index in [-0.39, 0.29) is 0 Å². The Labute approximate surface area is 105 Å². The molecule has 98 valence electrons. The van der Waals surface area contributed by atoms with E-state index in [0.29, 0.717) is 5.41 Å². The maximum absolute atomic E-state index is 5.39. The molecule has 0 unspecified atom stereocenters. The van der Waals surface area contributed by atoms with Crippen LogP contribution in [0.25, 0.3) is 0 Å². The van der Waals surface area contributed by atoms with Crippen LogP contribution in [0.2, 0.25) is 0 Å². The number of ether oxygens (including phenoxy) is 1. The van der Waals surface area contributed by atoms with Crippen LogP contribution in [-0.2, 0) is 4.74 Å². The van der Waals surface area contributed by atoms with Crippen LogP contribution in [0.4, 0.5) is 0 Å². The fourth-order valence-corrected chi connectivity index (χ4v) is 2.43. The van der Waals surface area contributed by atoms with Crippen molar-refractivity contribution in [1.82, 2.24) is 10.4 Å². The third-order valence-corrected chi connectivity index (χ3v) is 3.87. The zero-order valence-electron chi connectivity index (χ0n) is 11.5. The van der Waals surface area contributed by atoms with Crippen molar-refractivity contribution in [2.24, 2.45) is 11.3 Å². The van der Waals surface area contributed by atoms with Crippen molar-refractivity contribution >= 4 is 0 Å². The molecule has 3 nitrogen and oxygen atoms in total. The monoisotopic (exact) mass is 238 g/mol. The summed E-state index contributed by atoms with van der Waals surface area (Å²) in [6.07, 6.45) is 6.07. The van der Waals surface area contributed by atoms with Gasteiger partial charge in [-0.3, -0.25) is 0 Å². The highest BCUT2D eigenvalue weighted by atomic mass is 16.5. The number of hydrogen-bond donors (Lipinski definition) is 1. The van der Waals surface area contributed by atoms with Gasteiger partial charge in [-0.1, -0.05) is 20.8 Å². The van der Waals surface area contributed by atoms with Crippen LogP contribution in [-0.4, -0.2) is 31.3 Å². The van der Waals surface area contributed by atoms with Gasteiger partial charge >= 0.3 is 0 Å². The maximum atomic E-state index is 5.39. The first-order chi connectivity index (χ1) is 8.05. The highest BCUT2D eigenvalue weighted by Gasteiger charge is 2.23. The van der Waals surface area contributed by atoms with Crippen LogP contribution in [0, 0.1) is 11.3 Å². The van der Waals surface area contributed by atoms with E-state index in [2.05, 4.69) is 37.4 Å². The predicted molar refractivity (Wildman–Crippen MR) is 70.4 cm³/mol. The first kappa shape index (κ1) is 12.9. The summed E-state index contributed by atoms with van der Waals surface area (Å²) in [4.78, 5) is 0. The molecule has 0 aromatic rings. The molecular formula is C14H26N2O. The van der Waals surface area contributed by atoms with Crippen molar-refractivity contribution in [2.45, 2.75) is 40.0 Å². The number of nitrogens with zero attached hydrogens (tertiary/aromatic N) is 1. The molecular weight excluding hydrogens is 212 g/mol. The molecule has 0 aromatic carbocycles. The molecule has 2 aliphatic heterocycles. The lowest BCUT2D eigenvalue weighted by molar-refractivity contribution is 0.0606. The number of nitrogens with one attached hydrogen (secondary N) is 1. The molecule has 2 heterocycles. The lowest BCUT2D eigenvalue weighted by atomic mass is 9.87. The molecule has 2 rings (SSSR count). The van der Waals surface area contributed by atoms with E-state index in [0.717, 1.165) is 32.2 Å². The predicted octanol–water partition coefficient (Wildman–Crippen LogP) is 2.55. The number of rotatable bonds is 3. The molecule has 0 amide bonds. The van der Waals surface area contributed by atoms with E-state index in [1.807, 2.05) is 0 Å². The summed E-state index contributed by atoms with van der Waals surface area (Å²) >= 11 is 0. The van der Waals surface area contributed by atoms with Gasteiger partial charge in [0.15, 0.2) is 0 Å². The Morgan fingerprint density at radius 3 is 2.65 bits per heavy atom. The van der Waals surface area contributed by atoms with Crippen LogP contribution >= 0.6 is 0 Å². The van der Waals surface area contributed by atoms with Gasteiger partial charge in [-0.25, -0.2) is 5.43 Å². The SMILES string of the molecule is CC(C)(C)C1=CN(CCC2CCOCC2)NC1. The van der Waals surface area contributed by atoms with E-state index < -0.39 is 0 Å². The minimum Gasteiger partial charge on any atom is -0.381 e. The van der Waals surface area contributed by atoms with Gasteiger partial charge in [0, 0.05) is 32.5 Å². The normalized spacial score (nSPS) is 23.0. The molecule has 0 aliphatic carbocycles. The van der Waals surface area contributed by atoms with E-state index >= 15 is 0 Å². The smallest absolute Gasteiger partial charge is 0.0468 e. The van der Waals surface area contributed by atoms with Crippen molar-refractivity contribution in [1.29, 1.82) is 0 Å². The van der Waals surface area contributed by atoms with Crippen molar-refractivity contribution in [2.75, 3.05) is 26.3 Å². The average Bonchev–Trinajstić information content (AvgIpc) is 2.76. The van der Waals surface area contributed by atoms with Gasteiger partial charge in [0.1, 0.15) is 0 Å². The number of hydrazine groups is 1. The maximum Gasteiger partial charge on any atom is 0.0468 e. The molecule has 0 atom stereocenters. The van der Waals surface area contributed by atoms with Crippen LogP contribution in [0.1, 0.15) is 40.0 Å². The minimum absolute atomic E-state index is 0.292. The lowest BCUT2D eigenvalue weighted by Gasteiger charge is -2.24. The quantitative estimate of drug-likeness (QED) is 0.818. The van der Waals surface area contributed by atoms with E-state index in [1.165, 1.54) is 24.8 Å². The first-order valence-corrected chi connectivity index (χ1v) is 6.85. The molecule has 1 saturated heterocycles. The molecule has 0 aromatic heterocycles. The highest BCUT2D eigenvalue weighted by Crippen LogP contribution is 2.27.